The van der Waals surface area contributed by atoms with Crippen LogP contribution in [0.25, 0.3) is 11.4 Å². The van der Waals surface area contributed by atoms with E-state index in [0.717, 1.165) is 15.6 Å². The zero-order valence-corrected chi connectivity index (χ0v) is 16.9. The van der Waals surface area contributed by atoms with Crippen LogP contribution in [0.15, 0.2) is 57.5 Å². The van der Waals surface area contributed by atoms with Crippen LogP contribution >= 0.6 is 15.9 Å². The molecule has 0 aliphatic carbocycles. The van der Waals surface area contributed by atoms with E-state index in [2.05, 4.69) is 26.1 Å². The number of aromatic nitrogens is 2. The number of carbonyl (C=O) groups is 1. The minimum atomic E-state index is -0.622. The van der Waals surface area contributed by atoms with Gasteiger partial charge in [0.2, 0.25) is 11.7 Å². The van der Waals surface area contributed by atoms with E-state index in [1.54, 1.807) is 14.0 Å². The standard InChI is InChI=1S/C20H20BrN3O3/c1-13-7-4-5-10-17(13)26-14(2)20(25)24(3)12-18-22-19(23-27-18)15-8-6-9-16(21)11-15/h4-11,14H,12H2,1-3H3. The molecule has 3 rings (SSSR count). The first-order chi connectivity index (χ1) is 12.9. The second-order valence-corrected chi connectivity index (χ2v) is 7.16. The summed E-state index contributed by atoms with van der Waals surface area (Å²) in [5, 5.41) is 3.99. The monoisotopic (exact) mass is 429 g/mol. The molecule has 1 atom stereocenters. The lowest BCUT2D eigenvalue weighted by atomic mass is 10.2. The van der Waals surface area contributed by atoms with Crippen LogP contribution in [0.3, 0.4) is 0 Å². The first-order valence-electron chi connectivity index (χ1n) is 8.50. The number of hydrogen-bond donors (Lipinski definition) is 0. The van der Waals surface area contributed by atoms with Gasteiger partial charge in [0.15, 0.2) is 6.10 Å². The number of hydrogen-bond acceptors (Lipinski definition) is 5. The van der Waals surface area contributed by atoms with Crippen molar-refractivity contribution in [1.82, 2.24) is 15.0 Å². The van der Waals surface area contributed by atoms with Gasteiger partial charge in [-0.05, 0) is 37.6 Å². The number of halogens is 1. The number of benzene rings is 2. The third-order valence-electron chi connectivity index (χ3n) is 4.04. The third kappa shape index (κ3) is 4.74. The van der Waals surface area contributed by atoms with Gasteiger partial charge >= 0.3 is 0 Å². The highest BCUT2D eigenvalue weighted by molar-refractivity contribution is 9.10. The second-order valence-electron chi connectivity index (χ2n) is 6.24. The highest BCUT2D eigenvalue weighted by Crippen LogP contribution is 2.21. The highest BCUT2D eigenvalue weighted by atomic mass is 79.9. The van der Waals surface area contributed by atoms with Crippen LogP contribution in [0.4, 0.5) is 0 Å². The lowest BCUT2D eigenvalue weighted by Crippen LogP contribution is -2.37. The summed E-state index contributed by atoms with van der Waals surface area (Å²) in [6.07, 6.45) is -0.622. The maximum Gasteiger partial charge on any atom is 0.263 e. The number of aryl methyl sites for hydroxylation is 1. The largest absolute Gasteiger partial charge is 0.481 e. The molecule has 1 aromatic heterocycles. The van der Waals surface area contributed by atoms with Gasteiger partial charge in [0.25, 0.3) is 5.91 Å². The van der Waals surface area contributed by atoms with Crippen molar-refractivity contribution in [2.45, 2.75) is 26.5 Å². The Bertz CT molecular complexity index is 941. The van der Waals surface area contributed by atoms with E-state index >= 15 is 0 Å². The van der Waals surface area contributed by atoms with E-state index in [9.17, 15) is 4.79 Å². The molecule has 1 amide bonds. The Morgan fingerprint density at radius 1 is 1.26 bits per heavy atom. The first-order valence-corrected chi connectivity index (χ1v) is 9.29. The van der Waals surface area contributed by atoms with Gasteiger partial charge in [-0.25, -0.2) is 0 Å². The molecular weight excluding hydrogens is 410 g/mol. The molecule has 0 saturated carbocycles. The van der Waals surface area contributed by atoms with Gasteiger partial charge in [-0.15, -0.1) is 0 Å². The topological polar surface area (TPSA) is 68.5 Å². The van der Waals surface area contributed by atoms with Crippen molar-refractivity contribution < 1.29 is 14.1 Å². The lowest BCUT2D eigenvalue weighted by Gasteiger charge is -2.21. The zero-order chi connectivity index (χ0) is 19.4. The van der Waals surface area contributed by atoms with Crippen molar-refractivity contribution in [3.05, 3.63) is 64.5 Å². The quantitative estimate of drug-likeness (QED) is 0.586. The molecular formula is C20H20BrN3O3. The summed E-state index contributed by atoms with van der Waals surface area (Å²) in [6.45, 7) is 3.88. The summed E-state index contributed by atoms with van der Waals surface area (Å²) >= 11 is 3.42. The minimum Gasteiger partial charge on any atom is -0.481 e. The van der Waals surface area contributed by atoms with Crippen LogP contribution in [-0.4, -0.2) is 34.1 Å². The van der Waals surface area contributed by atoms with Gasteiger partial charge in [-0.1, -0.05) is 51.4 Å². The van der Waals surface area contributed by atoms with Gasteiger partial charge in [0, 0.05) is 17.1 Å². The number of rotatable bonds is 6. The van der Waals surface area contributed by atoms with Crippen molar-refractivity contribution in [2.24, 2.45) is 0 Å². The van der Waals surface area contributed by atoms with Crippen LogP contribution in [-0.2, 0) is 11.3 Å². The zero-order valence-electron chi connectivity index (χ0n) is 15.3. The fourth-order valence-corrected chi connectivity index (χ4v) is 2.98. The van der Waals surface area contributed by atoms with Gasteiger partial charge in [0.1, 0.15) is 5.75 Å². The molecule has 2 aromatic carbocycles. The van der Waals surface area contributed by atoms with E-state index in [4.69, 9.17) is 9.26 Å². The summed E-state index contributed by atoms with van der Waals surface area (Å²) in [7, 11) is 1.68. The van der Waals surface area contributed by atoms with Gasteiger partial charge < -0.3 is 14.2 Å². The van der Waals surface area contributed by atoms with E-state index in [0.29, 0.717) is 17.5 Å². The fourth-order valence-electron chi connectivity index (χ4n) is 2.58. The molecule has 1 heterocycles. The molecule has 140 valence electrons. The Labute approximate surface area is 166 Å². The van der Waals surface area contributed by atoms with Crippen LogP contribution in [0.2, 0.25) is 0 Å². The van der Waals surface area contributed by atoms with E-state index < -0.39 is 6.10 Å². The smallest absolute Gasteiger partial charge is 0.263 e. The maximum atomic E-state index is 12.6. The first kappa shape index (κ1) is 19.1. The Hall–Kier alpha value is -2.67. The number of para-hydroxylation sites is 1. The molecule has 7 heteroatoms. The average Bonchev–Trinajstić information content (AvgIpc) is 3.11. The van der Waals surface area contributed by atoms with Crippen molar-refractivity contribution in [2.75, 3.05) is 7.05 Å². The van der Waals surface area contributed by atoms with Gasteiger partial charge in [0.05, 0.1) is 6.54 Å². The molecule has 0 radical (unpaired) electrons. The SMILES string of the molecule is Cc1ccccc1OC(C)C(=O)N(C)Cc1nc(-c2cccc(Br)c2)no1. The molecule has 6 nitrogen and oxygen atoms in total. The Balaban J connectivity index is 1.64. The van der Waals surface area contributed by atoms with Crippen molar-refractivity contribution in [3.8, 4) is 17.1 Å². The third-order valence-corrected chi connectivity index (χ3v) is 4.54. The van der Waals surface area contributed by atoms with E-state index in [1.165, 1.54) is 4.90 Å². The van der Waals surface area contributed by atoms with Crippen molar-refractivity contribution >= 4 is 21.8 Å². The molecule has 0 spiro atoms. The van der Waals surface area contributed by atoms with Crippen LogP contribution in [0.5, 0.6) is 5.75 Å². The Morgan fingerprint density at radius 2 is 2.04 bits per heavy atom. The molecule has 3 aromatic rings. The van der Waals surface area contributed by atoms with E-state index in [-0.39, 0.29) is 12.5 Å². The number of ether oxygens (including phenoxy) is 1. The highest BCUT2D eigenvalue weighted by Gasteiger charge is 2.22. The van der Waals surface area contributed by atoms with Crippen LogP contribution in [0.1, 0.15) is 18.4 Å². The lowest BCUT2D eigenvalue weighted by molar-refractivity contribution is -0.137. The summed E-state index contributed by atoms with van der Waals surface area (Å²) in [5.41, 5.74) is 1.82. The fraction of sp³-hybridized carbons (Fsp3) is 0.250. The number of carbonyl (C=O) groups excluding carboxylic acids is 1. The Kier molecular flexibility index (Phi) is 5.91. The average molecular weight is 430 g/mol. The normalized spacial score (nSPS) is 11.9. The molecule has 0 bridgehead atoms. The Morgan fingerprint density at radius 3 is 2.78 bits per heavy atom. The molecule has 0 aliphatic rings. The van der Waals surface area contributed by atoms with Crippen LogP contribution in [0, 0.1) is 6.92 Å². The summed E-state index contributed by atoms with van der Waals surface area (Å²) in [5.74, 6) is 1.38. The number of amides is 1. The summed E-state index contributed by atoms with van der Waals surface area (Å²) in [4.78, 5) is 18.5. The molecule has 0 fully saturated rings. The molecule has 0 aliphatic heterocycles. The van der Waals surface area contributed by atoms with Gasteiger partial charge in [-0.2, -0.15) is 4.98 Å². The minimum absolute atomic E-state index is 0.166. The number of likely N-dealkylation sites (N-methyl/N-ethyl adjacent to an activating group) is 1. The van der Waals surface area contributed by atoms with Crippen molar-refractivity contribution in [1.29, 1.82) is 0 Å². The molecule has 0 N–H and O–H groups in total. The van der Waals surface area contributed by atoms with Gasteiger partial charge in [-0.3, -0.25) is 4.79 Å². The predicted molar refractivity (Wildman–Crippen MR) is 105 cm³/mol. The molecule has 1 unspecified atom stereocenters. The molecule has 27 heavy (non-hydrogen) atoms. The van der Waals surface area contributed by atoms with E-state index in [1.807, 2.05) is 55.5 Å². The van der Waals surface area contributed by atoms with Crippen LogP contribution < -0.4 is 4.74 Å². The number of nitrogens with zero attached hydrogens (tertiary/aromatic N) is 3. The second kappa shape index (κ2) is 8.35. The van der Waals surface area contributed by atoms with Crippen molar-refractivity contribution in [3.63, 3.8) is 0 Å². The molecule has 0 saturated heterocycles. The summed E-state index contributed by atoms with van der Waals surface area (Å²) in [6, 6.07) is 15.2. The summed E-state index contributed by atoms with van der Waals surface area (Å²) < 4.78 is 12.0. The predicted octanol–water partition coefficient (Wildman–Crippen LogP) is 4.23. The maximum absolute atomic E-state index is 12.6.